The number of thioether (sulfide) groups is 1. The number of anilines is 1. The van der Waals surface area contributed by atoms with Crippen LogP contribution in [0.5, 0.6) is 0 Å². The van der Waals surface area contributed by atoms with E-state index in [-0.39, 0.29) is 16.3 Å². The molecule has 0 unspecified atom stereocenters. The number of rotatable bonds is 8. The number of benzene rings is 2. The predicted molar refractivity (Wildman–Crippen MR) is 132 cm³/mol. The van der Waals surface area contributed by atoms with Gasteiger partial charge in [0.1, 0.15) is 12.3 Å². The molecule has 1 saturated heterocycles. The minimum atomic E-state index is -3.79. The van der Waals surface area contributed by atoms with Crippen LogP contribution in [0.25, 0.3) is 6.08 Å². The van der Waals surface area contributed by atoms with E-state index in [1.54, 1.807) is 36.4 Å². The lowest BCUT2D eigenvalue weighted by Gasteiger charge is -2.13. The second kappa shape index (κ2) is 10.5. The maximum atomic E-state index is 12.6. The number of nitrogens with one attached hydrogen (secondary N) is 2. The topological polar surface area (TPSA) is 126 Å². The molecule has 9 nitrogen and oxygen atoms in total. The summed E-state index contributed by atoms with van der Waals surface area (Å²) in [5.41, 5.74) is 0.886. The summed E-state index contributed by atoms with van der Waals surface area (Å²) in [5.74, 6) is -0.747. The molecule has 3 amide bonds. The lowest BCUT2D eigenvalue weighted by Crippen LogP contribution is -2.36. The zero-order valence-corrected chi connectivity index (χ0v) is 20.3. The fourth-order valence-corrected chi connectivity index (χ4v) is 5.11. The number of sulfonamides is 1. The molecule has 2 aromatic carbocycles. The molecule has 0 radical (unpaired) electrons. The number of nitrogens with zero attached hydrogens (tertiary/aromatic N) is 1. The molecular formula is C23H18ClN3O6S2. The van der Waals surface area contributed by atoms with Crippen LogP contribution in [-0.4, -0.2) is 36.9 Å². The van der Waals surface area contributed by atoms with Crippen molar-refractivity contribution in [3.8, 4) is 0 Å². The highest BCUT2D eigenvalue weighted by molar-refractivity contribution is 8.18. The second-order valence-electron chi connectivity index (χ2n) is 7.27. The Morgan fingerprint density at radius 3 is 2.49 bits per heavy atom. The Balaban J connectivity index is 1.36. The third kappa shape index (κ3) is 6.01. The van der Waals surface area contributed by atoms with Crippen LogP contribution in [0.4, 0.5) is 10.5 Å². The number of imide groups is 1. The Bertz CT molecular complexity index is 1400. The van der Waals surface area contributed by atoms with Gasteiger partial charge in [0, 0.05) is 10.7 Å². The van der Waals surface area contributed by atoms with Crippen molar-refractivity contribution < 1.29 is 27.2 Å². The number of halogens is 1. The van der Waals surface area contributed by atoms with Gasteiger partial charge >= 0.3 is 0 Å². The molecule has 4 rings (SSSR count). The minimum Gasteiger partial charge on any atom is -0.468 e. The first-order valence-electron chi connectivity index (χ1n) is 10.1. The van der Waals surface area contributed by atoms with Gasteiger partial charge in [0.25, 0.3) is 11.1 Å². The van der Waals surface area contributed by atoms with Gasteiger partial charge in [0.05, 0.1) is 22.6 Å². The molecule has 0 atom stereocenters. The van der Waals surface area contributed by atoms with E-state index in [1.165, 1.54) is 36.6 Å². The predicted octanol–water partition coefficient (Wildman–Crippen LogP) is 4.09. The van der Waals surface area contributed by atoms with Crippen molar-refractivity contribution in [3.05, 3.63) is 88.2 Å². The third-order valence-corrected chi connectivity index (χ3v) is 7.50. The molecule has 35 heavy (non-hydrogen) atoms. The van der Waals surface area contributed by atoms with Crippen molar-refractivity contribution in [1.82, 2.24) is 9.62 Å². The molecule has 2 heterocycles. The maximum absolute atomic E-state index is 12.6. The molecule has 12 heteroatoms. The Morgan fingerprint density at radius 2 is 1.80 bits per heavy atom. The molecule has 1 fully saturated rings. The van der Waals surface area contributed by atoms with E-state index in [4.69, 9.17) is 16.0 Å². The molecule has 1 aliphatic rings. The first-order chi connectivity index (χ1) is 16.7. The van der Waals surface area contributed by atoms with Crippen LogP contribution in [0, 0.1) is 0 Å². The number of furan rings is 1. The average molecular weight is 532 g/mol. The van der Waals surface area contributed by atoms with E-state index in [9.17, 15) is 22.8 Å². The summed E-state index contributed by atoms with van der Waals surface area (Å²) >= 11 is 6.83. The highest BCUT2D eigenvalue weighted by Crippen LogP contribution is 2.33. The van der Waals surface area contributed by atoms with Gasteiger partial charge in [-0.2, -0.15) is 0 Å². The van der Waals surface area contributed by atoms with Crippen LogP contribution >= 0.6 is 23.4 Å². The van der Waals surface area contributed by atoms with Crippen molar-refractivity contribution in [1.29, 1.82) is 0 Å². The lowest BCUT2D eigenvalue weighted by molar-refractivity contribution is -0.127. The molecule has 2 N–H and O–H groups in total. The first-order valence-corrected chi connectivity index (χ1v) is 12.8. The minimum absolute atomic E-state index is 0.00212. The summed E-state index contributed by atoms with van der Waals surface area (Å²) in [4.78, 5) is 38.4. The van der Waals surface area contributed by atoms with E-state index in [0.29, 0.717) is 22.0 Å². The van der Waals surface area contributed by atoms with Crippen LogP contribution in [0.15, 0.2) is 81.1 Å². The number of hydrogen-bond acceptors (Lipinski definition) is 7. The first kappa shape index (κ1) is 24.7. The molecule has 1 aliphatic heterocycles. The highest BCUT2D eigenvalue weighted by atomic mass is 35.5. The molecule has 0 aliphatic carbocycles. The van der Waals surface area contributed by atoms with Crippen LogP contribution in [0.3, 0.4) is 0 Å². The summed E-state index contributed by atoms with van der Waals surface area (Å²) in [5, 5.41) is 2.40. The molecule has 0 spiro atoms. The van der Waals surface area contributed by atoms with Crippen molar-refractivity contribution in [2.75, 3.05) is 11.9 Å². The fourth-order valence-electron chi connectivity index (χ4n) is 3.09. The molecule has 3 aromatic rings. The Kier molecular flexibility index (Phi) is 7.41. The molecule has 180 valence electrons. The Hall–Kier alpha value is -3.38. The molecule has 0 saturated carbocycles. The van der Waals surface area contributed by atoms with E-state index in [2.05, 4.69) is 10.0 Å². The van der Waals surface area contributed by atoms with E-state index in [1.807, 2.05) is 0 Å². The van der Waals surface area contributed by atoms with Crippen molar-refractivity contribution in [3.63, 3.8) is 0 Å². The standard InChI is InChI=1S/C23H18ClN3O6S2/c24-19-6-2-1-4-15(19)12-20-22(29)27(23(30)34-20)14-21(28)26-16-7-9-18(10-8-16)35(31,32)25-13-17-5-3-11-33-17/h1-12,25H,13-14H2,(H,26,28). The van der Waals surface area contributed by atoms with Crippen LogP contribution in [-0.2, 0) is 26.2 Å². The fraction of sp³-hybridized carbons (Fsp3) is 0.0870. The summed E-state index contributed by atoms with van der Waals surface area (Å²) in [6.07, 6.45) is 2.95. The SMILES string of the molecule is O=C(CN1C(=O)SC(=Cc2ccccc2Cl)C1=O)Nc1ccc(S(=O)(=O)NCc2ccco2)cc1. The number of carbonyl (C=O) groups excluding carboxylic acids is 3. The highest BCUT2D eigenvalue weighted by Gasteiger charge is 2.36. The van der Waals surface area contributed by atoms with Gasteiger partial charge in [-0.15, -0.1) is 0 Å². The molecular weight excluding hydrogens is 514 g/mol. The van der Waals surface area contributed by atoms with Crippen LogP contribution in [0.2, 0.25) is 5.02 Å². The van der Waals surface area contributed by atoms with Gasteiger partial charge in [-0.25, -0.2) is 13.1 Å². The quantitative estimate of drug-likeness (QED) is 0.419. The summed E-state index contributed by atoms with van der Waals surface area (Å²) in [6.45, 7) is -0.494. The normalized spacial score (nSPS) is 15.1. The van der Waals surface area contributed by atoms with Gasteiger partial charge < -0.3 is 9.73 Å². The van der Waals surface area contributed by atoms with Crippen molar-refractivity contribution >= 4 is 62.2 Å². The monoisotopic (exact) mass is 531 g/mol. The number of amides is 3. The third-order valence-electron chi connectivity index (χ3n) is 4.83. The van der Waals surface area contributed by atoms with Gasteiger partial charge in [0.2, 0.25) is 15.9 Å². The van der Waals surface area contributed by atoms with Gasteiger partial charge in [-0.1, -0.05) is 29.8 Å². The summed E-state index contributed by atoms with van der Waals surface area (Å²) in [7, 11) is -3.79. The maximum Gasteiger partial charge on any atom is 0.294 e. The Labute approximate surface area is 210 Å². The van der Waals surface area contributed by atoms with Gasteiger partial charge in [-0.05, 0) is 65.9 Å². The zero-order valence-electron chi connectivity index (χ0n) is 17.9. The largest absolute Gasteiger partial charge is 0.468 e. The Morgan fingerprint density at radius 1 is 1.06 bits per heavy atom. The van der Waals surface area contributed by atoms with E-state index in [0.717, 1.165) is 16.7 Å². The number of carbonyl (C=O) groups is 3. The molecule has 1 aromatic heterocycles. The summed E-state index contributed by atoms with van der Waals surface area (Å²) in [6, 6.07) is 15.6. The van der Waals surface area contributed by atoms with Crippen LogP contribution in [0.1, 0.15) is 11.3 Å². The van der Waals surface area contributed by atoms with Crippen molar-refractivity contribution in [2.45, 2.75) is 11.4 Å². The smallest absolute Gasteiger partial charge is 0.294 e. The van der Waals surface area contributed by atoms with Gasteiger partial charge in [-0.3, -0.25) is 19.3 Å². The van der Waals surface area contributed by atoms with Crippen LogP contribution < -0.4 is 10.0 Å². The zero-order chi connectivity index (χ0) is 25.0. The summed E-state index contributed by atoms with van der Waals surface area (Å²) < 4.78 is 32.3. The molecule has 0 bridgehead atoms. The lowest BCUT2D eigenvalue weighted by atomic mass is 10.2. The average Bonchev–Trinajstić information content (AvgIpc) is 3.44. The van der Waals surface area contributed by atoms with E-state index < -0.39 is 33.6 Å². The van der Waals surface area contributed by atoms with Crippen molar-refractivity contribution in [2.24, 2.45) is 0 Å². The van der Waals surface area contributed by atoms with E-state index >= 15 is 0 Å². The second-order valence-corrected chi connectivity index (χ2v) is 10.4. The number of hydrogen-bond donors (Lipinski definition) is 2. The van der Waals surface area contributed by atoms with Gasteiger partial charge in [0.15, 0.2) is 0 Å².